The molecule has 144 valence electrons. The van der Waals surface area contributed by atoms with Gasteiger partial charge in [-0.05, 0) is 41.6 Å². The summed E-state index contributed by atoms with van der Waals surface area (Å²) in [7, 11) is 0. The van der Waals surface area contributed by atoms with E-state index in [0.29, 0.717) is 31.3 Å². The molecule has 1 heterocycles. The van der Waals surface area contributed by atoms with E-state index < -0.39 is 5.91 Å². The van der Waals surface area contributed by atoms with Crippen LogP contribution in [0.2, 0.25) is 15.1 Å². The highest BCUT2D eigenvalue weighted by molar-refractivity contribution is 8.18. The Balaban J connectivity index is 1.76. The third-order valence-electron chi connectivity index (χ3n) is 3.55. The van der Waals surface area contributed by atoms with Crippen molar-refractivity contribution in [2.75, 3.05) is 0 Å². The molecular formula is C19H13Cl3N2O3S. The molecule has 0 aromatic heterocycles. The van der Waals surface area contributed by atoms with E-state index in [0.717, 1.165) is 17.3 Å². The number of carbonyl (C=O) groups is 2. The van der Waals surface area contributed by atoms with Gasteiger partial charge in [0, 0.05) is 17.5 Å². The number of thioether (sulfide) groups is 1. The highest BCUT2D eigenvalue weighted by Crippen LogP contribution is 2.37. The van der Waals surface area contributed by atoms with E-state index in [1.54, 1.807) is 24.3 Å². The average Bonchev–Trinajstić information content (AvgIpc) is 2.94. The first kappa shape index (κ1) is 20.7. The van der Waals surface area contributed by atoms with Gasteiger partial charge >= 0.3 is 0 Å². The van der Waals surface area contributed by atoms with Crippen LogP contribution in [0.15, 0.2) is 46.3 Å². The molecule has 0 radical (unpaired) electrons. The molecule has 0 bridgehead atoms. The van der Waals surface area contributed by atoms with Gasteiger partial charge in [-0.3, -0.25) is 9.59 Å². The van der Waals surface area contributed by atoms with Gasteiger partial charge in [-0.25, -0.2) is 0 Å². The van der Waals surface area contributed by atoms with Crippen LogP contribution in [0.4, 0.5) is 0 Å². The highest BCUT2D eigenvalue weighted by Gasteiger charge is 2.23. The predicted octanol–water partition coefficient (Wildman–Crippen LogP) is 5.33. The molecule has 1 N–H and O–H groups in total. The lowest BCUT2D eigenvalue weighted by molar-refractivity contribution is -0.117. The Bertz CT molecular complexity index is 998. The molecule has 0 atom stereocenters. The van der Waals surface area contributed by atoms with E-state index in [4.69, 9.17) is 39.5 Å². The molecule has 1 aliphatic heterocycles. The third-order valence-corrected chi connectivity index (χ3v) is 5.38. The van der Waals surface area contributed by atoms with Crippen LogP contribution >= 0.6 is 46.6 Å². The molecule has 0 saturated carbocycles. The summed E-state index contributed by atoms with van der Waals surface area (Å²) in [6.45, 7) is 1.55. The normalized spacial score (nSPS) is 14.9. The van der Waals surface area contributed by atoms with Crippen molar-refractivity contribution in [3.8, 4) is 5.75 Å². The zero-order valence-corrected chi connectivity index (χ0v) is 17.5. The number of hydrogen-bond donors (Lipinski definition) is 1. The highest BCUT2D eigenvalue weighted by atomic mass is 35.5. The fraction of sp³-hybridized carbons (Fsp3) is 0.105. The van der Waals surface area contributed by atoms with Crippen molar-refractivity contribution in [1.82, 2.24) is 5.32 Å². The number of ether oxygens (including phenoxy) is 1. The number of carbonyl (C=O) groups excluding carboxylic acids is 2. The van der Waals surface area contributed by atoms with Crippen LogP contribution in [0.5, 0.6) is 5.75 Å². The third kappa shape index (κ3) is 5.08. The van der Waals surface area contributed by atoms with Crippen LogP contribution in [0.1, 0.15) is 18.1 Å². The number of aliphatic imine (C=N–C) groups is 1. The SMILES string of the molecule is CC(=O)NC1=NC(=O)/C(=C\c2cc(Cl)c(OCc3ccccc3Cl)c(Cl)c2)S1. The molecule has 3 rings (SSSR count). The molecule has 2 aromatic carbocycles. The van der Waals surface area contributed by atoms with Crippen molar-refractivity contribution >= 4 is 69.6 Å². The van der Waals surface area contributed by atoms with Gasteiger partial charge in [0.15, 0.2) is 10.9 Å². The number of amidine groups is 1. The number of halogens is 3. The molecule has 1 aliphatic rings. The monoisotopic (exact) mass is 454 g/mol. The molecule has 0 saturated heterocycles. The summed E-state index contributed by atoms with van der Waals surface area (Å²) in [6.07, 6.45) is 1.60. The second-order valence-corrected chi connectivity index (χ2v) is 7.96. The van der Waals surface area contributed by atoms with E-state index in [1.807, 2.05) is 18.2 Å². The van der Waals surface area contributed by atoms with Gasteiger partial charge in [0.05, 0.1) is 15.0 Å². The Labute approximate surface area is 180 Å². The number of amides is 2. The van der Waals surface area contributed by atoms with Crippen molar-refractivity contribution in [2.24, 2.45) is 4.99 Å². The Morgan fingerprint density at radius 2 is 1.86 bits per heavy atom. The largest absolute Gasteiger partial charge is 0.486 e. The van der Waals surface area contributed by atoms with E-state index in [-0.39, 0.29) is 17.7 Å². The lowest BCUT2D eigenvalue weighted by atomic mass is 10.2. The molecule has 2 amide bonds. The summed E-state index contributed by atoms with van der Waals surface area (Å²) in [5.41, 5.74) is 1.41. The van der Waals surface area contributed by atoms with Gasteiger partial charge < -0.3 is 10.1 Å². The molecule has 0 aliphatic carbocycles. The van der Waals surface area contributed by atoms with Gasteiger partial charge in [-0.1, -0.05) is 53.0 Å². The summed E-state index contributed by atoms with van der Waals surface area (Å²) < 4.78 is 5.73. The minimum absolute atomic E-state index is 0.210. The maximum atomic E-state index is 12.0. The van der Waals surface area contributed by atoms with Crippen LogP contribution in [0.25, 0.3) is 6.08 Å². The lowest BCUT2D eigenvalue weighted by Crippen LogP contribution is -2.23. The van der Waals surface area contributed by atoms with Gasteiger partial charge in [-0.2, -0.15) is 4.99 Å². The molecule has 28 heavy (non-hydrogen) atoms. The van der Waals surface area contributed by atoms with Gasteiger partial charge in [0.2, 0.25) is 5.91 Å². The molecule has 0 unspecified atom stereocenters. The summed E-state index contributed by atoms with van der Waals surface area (Å²) in [5, 5.41) is 3.90. The molecule has 0 spiro atoms. The first-order valence-electron chi connectivity index (χ1n) is 7.99. The second kappa shape index (κ2) is 9.01. The molecule has 5 nitrogen and oxygen atoms in total. The topological polar surface area (TPSA) is 67.8 Å². The van der Waals surface area contributed by atoms with E-state index in [2.05, 4.69) is 10.3 Å². The Morgan fingerprint density at radius 3 is 2.50 bits per heavy atom. The zero-order chi connectivity index (χ0) is 20.3. The molecule has 0 fully saturated rings. The number of rotatable bonds is 4. The molecule has 9 heteroatoms. The van der Waals surface area contributed by atoms with Crippen LogP contribution < -0.4 is 10.1 Å². The van der Waals surface area contributed by atoms with Gasteiger partial charge in [0.25, 0.3) is 5.91 Å². The van der Waals surface area contributed by atoms with Crippen molar-refractivity contribution in [3.63, 3.8) is 0 Å². The maximum absolute atomic E-state index is 12.0. The minimum atomic E-state index is -0.444. The quantitative estimate of drug-likeness (QED) is 0.633. The fourth-order valence-corrected chi connectivity index (χ4v) is 3.99. The minimum Gasteiger partial charge on any atom is -0.486 e. The Kier molecular flexibility index (Phi) is 6.67. The van der Waals surface area contributed by atoms with Crippen molar-refractivity contribution in [1.29, 1.82) is 0 Å². The van der Waals surface area contributed by atoms with Crippen molar-refractivity contribution in [3.05, 3.63) is 67.5 Å². The van der Waals surface area contributed by atoms with Crippen LogP contribution in [0.3, 0.4) is 0 Å². The fourth-order valence-electron chi connectivity index (χ4n) is 2.33. The number of benzene rings is 2. The summed E-state index contributed by atoms with van der Waals surface area (Å²) >= 11 is 19.8. The maximum Gasteiger partial charge on any atom is 0.286 e. The summed E-state index contributed by atoms with van der Waals surface area (Å²) in [6, 6.07) is 10.6. The number of nitrogens with one attached hydrogen (secondary N) is 1. The first-order chi connectivity index (χ1) is 13.3. The van der Waals surface area contributed by atoms with Gasteiger partial charge in [0.1, 0.15) is 6.61 Å². The zero-order valence-electron chi connectivity index (χ0n) is 14.5. The molecule has 2 aromatic rings. The lowest BCUT2D eigenvalue weighted by Gasteiger charge is -2.12. The van der Waals surface area contributed by atoms with Crippen LogP contribution in [-0.4, -0.2) is 17.0 Å². The Hall–Kier alpha value is -1.99. The smallest absolute Gasteiger partial charge is 0.286 e. The summed E-state index contributed by atoms with van der Waals surface area (Å²) in [5.74, 6) is -0.419. The first-order valence-corrected chi connectivity index (χ1v) is 9.94. The van der Waals surface area contributed by atoms with Crippen LogP contribution in [-0.2, 0) is 16.2 Å². The standard InChI is InChI=1S/C19H13Cl3N2O3S/c1-10(25)23-19-24-18(26)16(28-19)8-11-6-14(21)17(15(22)7-11)27-9-12-4-2-3-5-13(12)20/h2-8H,9H2,1H3,(H,23,24,25,26)/b16-8+. The summed E-state index contributed by atoms with van der Waals surface area (Å²) in [4.78, 5) is 27.2. The predicted molar refractivity (Wildman–Crippen MR) is 114 cm³/mol. The van der Waals surface area contributed by atoms with E-state index >= 15 is 0 Å². The van der Waals surface area contributed by atoms with Gasteiger partial charge in [-0.15, -0.1) is 0 Å². The van der Waals surface area contributed by atoms with Crippen LogP contribution in [0, 0.1) is 0 Å². The van der Waals surface area contributed by atoms with E-state index in [9.17, 15) is 9.59 Å². The second-order valence-electron chi connectivity index (χ2n) is 5.71. The van der Waals surface area contributed by atoms with E-state index in [1.165, 1.54) is 6.92 Å². The van der Waals surface area contributed by atoms with Crippen molar-refractivity contribution < 1.29 is 14.3 Å². The molecular weight excluding hydrogens is 443 g/mol. The number of hydrogen-bond acceptors (Lipinski definition) is 4. The van der Waals surface area contributed by atoms with Crippen molar-refractivity contribution in [2.45, 2.75) is 13.5 Å². The number of nitrogens with zero attached hydrogens (tertiary/aromatic N) is 1. The average molecular weight is 456 g/mol. The Morgan fingerprint density at radius 1 is 1.18 bits per heavy atom.